The Morgan fingerprint density at radius 1 is 0.299 bits per heavy atom. The van der Waals surface area contributed by atoms with Crippen LogP contribution in [0.5, 0.6) is 34.5 Å². The molecule has 0 aromatic heterocycles. The second kappa shape index (κ2) is 59.0. The van der Waals surface area contributed by atoms with Crippen LogP contribution in [0.15, 0.2) is 146 Å². The second-order valence-corrected chi connectivity index (χ2v) is 25.4. The molecule has 8 nitrogen and oxygen atoms in total. The zero-order valence-corrected chi connectivity index (χ0v) is 58.6. The van der Waals surface area contributed by atoms with Crippen LogP contribution in [-0.4, -0.2) is 47.7 Å². The van der Waals surface area contributed by atoms with Crippen molar-refractivity contribution in [3.05, 3.63) is 179 Å². The molecule has 0 aliphatic heterocycles. The first kappa shape index (κ1) is 102. The SMILES string of the molecule is C.C.C.C.C.C.C.C.CCC(C)c1ccc(O)cc1.CCC(C)c1ccc(O)cc1.CCC(C)c1ccc(OC(C)C)cc1.CCC(C)c1ccc(OC(C)C)cc1.CCC(C)c1ccc(OC(C)OC2CCCCC2)cc1.CCC(C)c1ccc(OCOC2CCCCC2)cc1. The zero-order chi connectivity index (χ0) is 65.5. The first-order chi connectivity index (χ1) is 42.7. The number of ether oxygens (including phenoxy) is 6. The summed E-state index contributed by atoms with van der Waals surface area (Å²) in [6.45, 7) is 37.1. The van der Waals surface area contributed by atoms with Crippen molar-refractivity contribution in [1.29, 1.82) is 0 Å². The molecule has 6 aromatic carbocycles. The fourth-order valence-electron chi connectivity index (χ4n) is 10.2. The van der Waals surface area contributed by atoms with Crippen molar-refractivity contribution < 1.29 is 38.6 Å². The number of hydrogen-bond acceptors (Lipinski definition) is 8. The molecule has 97 heavy (non-hydrogen) atoms. The molecular formula is C89H154O8. The van der Waals surface area contributed by atoms with E-state index >= 15 is 0 Å². The molecule has 6 aromatic rings. The summed E-state index contributed by atoms with van der Waals surface area (Å²) in [4.78, 5) is 0. The third kappa shape index (κ3) is 42.6. The highest BCUT2D eigenvalue weighted by atomic mass is 16.7. The van der Waals surface area contributed by atoms with E-state index in [2.05, 4.69) is 168 Å². The van der Waals surface area contributed by atoms with Gasteiger partial charge in [-0.15, -0.1) is 0 Å². The molecule has 2 aliphatic rings. The van der Waals surface area contributed by atoms with Gasteiger partial charge in [0.05, 0.1) is 24.4 Å². The molecule has 8 heteroatoms. The van der Waals surface area contributed by atoms with E-state index in [4.69, 9.17) is 38.6 Å². The Morgan fingerprint density at radius 3 is 0.773 bits per heavy atom. The highest BCUT2D eigenvalue weighted by Gasteiger charge is 2.18. The largest absolute Gasteiger partial charge is 0.508 e. The Hall–Kier alpha value is -5.96. The summed E-state index contributed by atoms with van der Waals surface area (Å²) in [5, 5.41) is 18.0. The van der Waals surface area contributed by atoms with Crippen molar-refractivity contribution in [3.63, 3.8) is 0 Å². The third-order valence-corrected chi connectivity index (χ3v) is 17.5. The van der Waals surface area contributed by atoms with Gasteiger partial charge in [0.25, 0.3) is 0 Å². The molecular weight excluding hydrogens is 1200 g/mol. The maximum absolute atomic E-state index is 9.01. The fourth-order valence-corrected chi connectivity index (χ4v) is 10.2. The maximum atomic E-state index is 9.01. The average molecular weight is 1350 g/mol. The van der Waals surface area contributed by atoms with Gasteiger partial charge < -0.3 is 38.6 Å². The molecule has 0 saturated heterocycles. The Labute approximate surface area is 601 Å². The number of phenolic OH excluding ortho intramolecular Hbond substituents is 2. The van der Waals surface area contributed by atoms with Crippen LogP contribution in [0.1, 0.15) is 349 Å². The number of hydrogen-bond donors (Lipinski definition) is 2. The van der Waals surface area contributed by atoms with Gasteiger partial charge in [-0.25, -0.2) is 0 Å². The zero-order valence-electron chi connectivity index (χ0n) is 58.6. The van der Waals surface area contributed by atoms with Crippen LogP contribution in [0.2, 0.25) is 0 Å². The third-order valence-electron chi connectivity index (χ3n) is 17.5. The van der Waals surface area contributed by atoms with E-state index in [1.807, 2.05) is 71.0 Å². The van der Waals surface area contributed by atoms with Crippen LogP contribution < -0.4 is 18.9 Å². The van der Waals surface area contributed by atoms with Crippen molar-refractivity contribution in [2.24, 2.45) is 0 Å². The lowest BCUT2D eigenvalue weighted by Crippen LogP contribution is -2.26. The molecule has 7 atom stereocenters. The molecule has 2 saturated carbocycles. The van der Waals surface area contributed by atoms with Crippen LogP contribution in [0.25, 0.3) is 0 Å². The Balaban J connectivity index is -0.000000255. The van der Waals surface area contributed by atoms with Gasteiger partial charge in [0.15, 0.2) is 13.1 Å². The van der Waals surface area contributed by atoms with Crippen molar-refractivity contribution in [3.8, 4) is 34.5 Å². The van der Waals surface area contributed by atoms with E-state index in [1.165, 1.54) is 123 Å². The molecule has 7 unspecified atom stereocenters. The summed E-state index contributed by atoms with van der Waals surface area (Å²) in [5.74, 6) is 8.13. The normalized spacial score (nSPS) is 14.3. The molecule has 2 N–H and O–H groups in total. The van der Waals surface area contributed by atoms with E-state index in [-0.39, 0.29) is 77.9 Å². The number of aromatic hydroxyl groups is 2. The summed E-state index contributed by atoms with van der Waals surface area (Å²) in [5.41, 5.74) is 8.13. The molecule has 0 amide bonds. The summed E-state index contributed by atoms with van der Waals surface area (Å²) in [6, 6.07) is 48.6. The van der Waals surface area contributed by atoms with Crippen molar-refractivity contribution >= 4 is 0 Å². The fraction of sp³-hybridized carbons (Fsp3) is 0.596. The van der Waals surface area contributed by atoms with Gasteiger partial charge in [0.1, 0.15) is 34.5 Å². The molecule has 8 rings (SSSR count). The highest BCUT2D eigenvalue weighted by Crippen LogP contribution is 2.29. The maximum Gasteiger partial charge on any atom is 0.197 e. The first-order valence-electron chi connectivity index (χ1n) is 34.6. The van der Waals surface area contributed by atoms with Crippen molar-refractivity contribution in [1.82, 2.24) is 0 Å². The average Bonchev–Trinajstić information content (AvgIpc) is 1.03. The predicted octanol–water partition coefficient (Wildman–Crippen LogP) is 29.0. The van der Waals surface area contributed by atoms with E-state index in [1.54, 1.807) is 24.3 Å². The van der Waals surface area contributed by atoms with E-state index in [9.17, 15) is 0 Å². The highest BCUT2D eigenvalue weighted by molar-refractivity contribution is 5.33. The molecule has 558 valence electrons. The quantitative estimate of drug-likeness (QED) is 0.0579. The molecule has 0 spiro atoms. The number of phenols is 2. The van der Waals surface area contributed by atoms with E-state index < -0.39 is 0 Å². The van der Waals surface area contributed by atoms with Crippen molar-refractivity contribution in [2.45, 2.75) is 346 Å². The Kier molecular flexibility index (Phi) is 62.0. The lowest BCUT2D eigenvalue weighted by atomic mass is 9.98. The van der Waals surface area contributed by atoms with Crippen LogP contribution in [0.4, 0.5) is 0 Å². The van der Waals surface area contributed by atoms with Gasteiger partial charge in [0.2, 0.25) is 0 Å². The van der Waals surface area contributed by atoms with Crippen LogP contribution in [-0.2, 0) is 9.47 Å². The van der Waals surface area contributed by atoms with E-state index in [0.717, 1.165) is 35.8 Å². The number of rotatable bonds is 24. The van der Waals surface area contributed by atoms with Gasteiger partial charge in [0, 0.05) is 0 Å². The summed E-state index contributed by atoms with van der Waals surface area (Å²) < 4.78 is 34.4. The standard InChI is InChI=1S/C18H28O2.C17H26O2.2C13H20O.2C10H14O.8CH4/c1-4-14(2)16-10-12-18(13-11-16)20-15(3)19-17-8-6-5-7-9-17;1-3-14(2)15-9-11-17(12-10-15)19-13-18-16-7-5-4-6-8-16;2*1-5-11(4)12-6-8-13(9-7-12)14-10(2)3;2*1-3-8(2)9-4-6-10(11)7-5-9;;;;;;;;/h10-15,17H,4-9H2,1-3H3;9-12,14,16H,3-8,13H2,1-2H3;2*6-11H,5H2,1-4H3;2*4-8,11H,3H2,1-2H3;8*1H4. The van der Waals surface area contributed by atoms with Crippen LogP contribution >= 0.6 is 0 Å². The van der Waals surface area contributed by atoms with Gasteiger partial charge in [-0.3, -0.25) is 0 Å². The smallest absolute Gasteiger partial charge is 0.197 e. The molecule has 2 fully saturated rings. The first-order valence-corrected chi connectivity index (χ1v) is 34.6. The molecule has 0 radical (unpaired) electrons. The predicted molar refractivity (Wildman–Crippen MR) is 431 cm³/mol. The Bertz CT molecular complexity index is 2530. The molecule has 2 aliphatic carbocycles. The minimum atomic E-state index is -0.160. The lowest BCUT2D eigenvalue weighted by molar-refractivity contribution is -0.116. The monoisotopic (exact) mass is 1350 g/mol. The summed E-state index contributed by atoms with van der Waals surface area (Å²) in [6.07, 6.45) is 20.8. The minimum absolute atomic E-state index is 0. The van der Waals surface area contributed by atoms with Gasteiger partial charge in [-0.2, -0.15) is 0 Å². The molecule has 0 heterocycles. The van der Waals surface area contributed by atoms with Crippen LogP contribution in [0, 0.1) is 0 Å². The van der Waals surface area contributed by atoms with E-state index in [0.29, 0.717) is 66.0 Å². The topological polar surface area (TPSA) is 95.8 Å². The van der Waals surface area contributed by atoms with Gasteiger partial charge in [-0.1, -0.05) is 254 Å². The minimum Gasteiger partial charge on any atom is -0.508 e. The second-order valence-electron chi connectivity index (χ2n) is 25.4. The summed E-state index contributed by atoms with van der Waals surface area (Å²) in [7, 11) is 0. The lowest BCUT2D eigenvalue weighted by Gasteiger charge is -2.26. The summed E-state index contributed by atoms with van der Waals surface area (Å²) >= 11 is 0. The Morgan fingerprint density at radius 2 is 0.526 bits per heavy atom. The molecule has 0 bridgehead atoms. The van der Waals surface area contributed by atoms with Gasteiger partial charge >= 0.3 is 0 Å². The van der Waals surface area contributed by atoms with Crippen LogP contribution in [0.3, 0.4) is 0 Å². The van der Waals surface area contributed by atoms with Gasteiger partial charge in [-0.05, 0) is 241 Å². The number of benzene rings is 6. The van der Waals surface area contributed by atoms with Crippen molar-refractivity contribution in [2.75, 3.05) is 6.79 Å².